The molecule has 160 valence electrons. The molecule has 30 heavy (non-hydrogen) atoms. The molecule has 1 saturated carbocycles. The third-order valence-corrected chi connectivity index (χ3v) is 6.67. The van der Waals surface area contributed by atoms with Gasteiger partial charge in [-0.3, -0.25) is 19.7 Å². The van der Waals surface area contributed by atoms with Crippen LogP contribution < -0.4 is 11.0 Å². The van der Waals surface area contributed by atoms with E-state index in [4.69, 9.17) is 0 Å². The van der Waals surface area contributed by atoms with Gasteiger partial charge in [0.25, 0.3) is 11.5 Å². The van der Waals surface area contributed by atoms with Crippen LogP contribution in [0.4, 0.5) is 13.2 Å². The second kappa shape index (κ2) is 7.19. The van der Waals surface area contributed by atoms with Gasteiger partial charge in [-0.25, -0.2) is 9.66 Å². The Labute approximate surface area is 181 Å². The minimum Gasteiger partial charge on any atom is -0.271 e. The molecular formula is C18H17BrF3N5O2S. The van der Waals surface area contributed by atoms with Gasteiger partial charge in [0.05, 0.1) is 15.6 Å². The maximum absolute atomic E-state index is 13.3. The van der Waals surface area contributed by atoms with E-state index in [-0.39, 0.29) is 16.2 Å². The van der Waals surface area contributed by atoms with E-state index in [1.165, 1.54) is 18.3 Å². The van der Waals surface area contributed by atoms with Crippen LogP contribution in [0.25, 0.3) is 10.2 Å². The molecule has 0 spiro atoms. The van der Waals surface area contributed by atoms with Crippen molar-refractivity contribution in [2.75, 3.05) is 5.43 Å². The van der Waals surface area contributed by atoms with Crippen LogP contribution in [0.3, 0.4) is 0 Å². The van der Waals surface area contributed by atoms with Crippen LogP contribution >= 0.6 is 27.3 Å². The lowest BCUT2D eigenvalue weighted by Gasteiger charge is -2.17. The zero-order valence-electron chi connectivity index (χ0n) is 16.2. The van der Waals surface area contributed by atoms with Gasteiger partial charge in [0, 0.05) is 10.8 Å². The van der Waals surface area contributed by atoms with Crippen LogP contribution in [0.1, 0.15) is 53.8 Å². The second-order valence-electron chi connectivity index (χ2n) is 7.29. The van der Waals surface area contributed by atoms with Gasteiger partial charge in [0.15, 0.2) is 5.69 Å². The Morgan fingerprint density at radius 3 is 2.63 bits per heavy atom. The molecule has 0 aliphatic heterocycles. The summed E-state index contributed by atoms with van der Waals surface area (Å²) < 4.78 is 42.0. The molecular weight excluding hydrogens is 487 g/mol. The number of fused-ring (bicyclic) bond motifs is 1. The zero-order chi connectivity index (χ0) is 22.0. The van der Waals surface area contributed by atoms with E-state index in [0.717, 1.165) is 27.1 Å². The molecule has 3 aromatic rings. The number of amides is 1. The summed E-state index contributed by atoms with van der Waals surface area (Å²) in [7, 11) is 0. The number of hydrogen-bond acceptors (Lipinski definition) is 5. The first-order valence-corrected chi connectivity index (χ1v) is 10.8. The Bertz CT molecular complexity index is 1230. The van der Waals surface area contributed by atoms with E-state index in [2.05, 4.69) is 31.4 Å². The SMILES string of the molecule is Cc1cc2c(=O)n(NC(=O)C(C)n3nc(C(F)(F)F)c(Br)c3C3CC3)c(C)nc2s1. The van der Waals surface area contributed by atoms with E-state index in [1.54, 1.807) is 13.0 Å². The average Bonchev–Trinajstić information content (AvgIpc) is 3.32. The van der Waals surface area contributed by atoms with Gasteiger partial charge in [-0.1, -0.05) is 0 Å². The van der Waals surface area contributed by atoms with Gasteiger partial charge >= 0.3 is 6.18 Å². The summed E-state index contributed by atoms with van der Waals surface area (Å²) in [6.45, 7) is 4.87. The topological polar surface area (TPSA) is 81.8 Å². The lowest BCUT2D eigenvalue weighted by molar-refractivity contribution is -0.142. The minimum atomic E-state index is -4.65. The average molecular weight is 504 g/mol. The number of alkyl halides is 3. The number of aromatic nitrogens is 4. The molecule has 1 aliphatic rings. The molecule has 1 N–H and O–H groups in total. The lowest BCUT2D eigenvalue weighted by atomic mass is 10.2. The van der Waals surface area contributed by atoms with Crippen molar-refractivity contribution in [2.45, 2.75) is 51.7 Å². The number of halogens is 4. The Kier molecular flexibility index (Phi) is 5.04. The highest BCUT2D eigenvalue weighted by Crippen LogP contribution is 2.47. The normalized spacial score (nSPS) is 15.6. The van der Waals surface area contributed by atoms with E-state index >= 15 is 0 Å². The maximum atomic E-state index is 13.3. The Morgan fingerprint density at radius 1 is 1.37 bits per heavy atom. The molecule has 1 atom stereocenters. The van der Waals surface area contributed by atoms with Gasteiger partial charge in [-0.2, -0.15) is 18.3 Å². The summed E-state index contributed by atoms with van der Waals surface area (Å²) >= 11 is 4.38. The minimum absolute atomic E-state index is 0.0884. The molecule has 1 aliphatic carbocycles. The monoisotopic (exact) mass is 503 g/mol. The fraction of sp³-hybridized carbons (Fsp3) is 0.444. The van der Waals surface area contributed by atoms with Crippen molar-refractivity contribution >= 4 is 43.4 Å². The smallest absolute Gasteiger partial charge is 0.271 e. The van der Waals surface area contributed by atoms with Crippen molar-refractivity contribution in [3.8, 4) is 0 Å². The van der Waals surface area contributed by atoms with E-state index in [1.807, 2.05) is 6.92 Å². The first-order chi connectivity index (χ1) is 14.0. The largest absolute Gasteiger partial charge is 0.436 e. The highest BCUT2D eigenvalue weighted by atomic mass is 79.9. The van der Waals surface area contributed by atoms with Crippen molar-refractivity contribution in [3.05, 3.63) is 43.0 Å². The van der Waals surface area contributed by atoms with Crippen LogP contribution in [-0.2, 0) is 11.0 Å². The predicted molar refractivity (Wildman–Crippen MR) is 109 cm³/mol. The number of nitrogens with one attached hydrogen (secondary N) is 1. The molecule has 1 amide bonds. The zero-order valence-corrected chi connectivity index (χ0v) is 18.6. The predicted octanol–water partition coefficient (Wildman–Crippen LogP) is 4.26. The summed E-state index contributed by atoms with van der Waals surface area (Å²) in [5, 5.41) is 4.06. The summed E-state index contributed by atoms with van der Waals surface area (Å²) in [5.74, 6) is -0.483. The third-order valence-electron chi connectivity index (χ3n) is 4.94. The fourth-order valence-electron chi connectivity index (χ4n) is 3.28. The number of carbonyl (C=O) groups is 1. The van der Waals surface area contributed by atoms with Crippen LogP contribution in [0.5, 0.6) is 0 Å². The Morgan fingerprint density at radius 2 is 2.03 bits per heavy atom. The van der Waals surface area contributed by atoms with Gasteiger partial charge in [-0.15, -0.1) is 11.3 Å². The molecule has 0 radical (unpaired) electrons. The first kappa shape index (κ1) is 21.0. The number of hydrogen-bond donors (Lipinski definition) is 1. The van der Waals surface area contributed by atoms with Crippen molar-refractivity contribution < 1.29 is 18.0 Å². The number of rotatable bonds is 4. The molecule has 7 nitrogen and oxygen atoms in total. The van der Waals surface area contributed by atoms with Crippen LogP contribution in [0.2, 0.25) is 0 Å². The van der Waals surface area contributed by atoms with Gasteiger partial charge in [0.2, 0.25) is 0 Å². The van der Waals surface area contributed by atoms with Gasteiger partial charge in [-0.05, 0) is 55.6 Å². The van der Waals surface area contributed by atoms with Crippen LogP contribution in [0.15, 0.2) is 15.3 Å². The van der Waals surface area contributed by atoms with Gasteiger partial charge < -0.3 is 0 Å². The molecule has 0 saturated heterocycles. The van der Waals surface area contributed by atoms with Crippen LogP contribution in [0, 0.1) is 13.8 Å². The molecule has 1 fully saturated rings. The second-order valence-corrected chi connectivity index (χ2v) is 9.32. The van der Waals surface area contributed by atoms with Gasteiger partial charge in [0.1, 0.15) is 16.7 Å². The molecule has 4 rings (SSSR count). The summed E-state index contributed by atoms with van der Waals surface area (Å²) in [6.07, 6.45) is -3.19. The quantitative estimate of drug-likeness (QED) is 0.576. The van der Waals surface area contributed by atoms with E-state index < -0.39 is 29.4 Å². The van der Waals surface area contributed by atoms with Crippen molar-refractivity contribution in [1.82, 2.24) is 19.4 Å². The lowest BCUT2D eigenvalue weighted by Crippen LogP contribution is -2.38. The van der Waals surface area contributed by atoms with Crippen molar-refractivity contribution in [2.24, 2.45) is 0 Å². The van der Waals surface area contributed by atoms with Crippen LogP contribution in [-0.4, -0.2) is 25.3 Å². The summed E-state index contributed by atoms with van der Waals surface area (Å²) in [4.78, 5) is 31.4. The molecule has 3 heterocycles. The molecule has 1 unspecified atom stereocenters. The summed E-state index contributed by atoms with van der Waals surface area (Å²) in [6, 6.07) is 0.617. The highest BCUT2D eigenvalue weighted by Gasteiger charge is 2.43. The fourth-order valence-corrected chi connectivity index (χ4v) is 5.00. The number of carbonyl (C=O) groups excluding carboxylic acids is 1. The molecule has 12 heteroatoms. The molecule has 0 bridgehead atoms. The first-order valence-electron chi connectivity index (χ1n) is 9.14. The standard InChI is InChI=1S/C18H17BrF3N5O2S/c1-7-6-11-16(30-7)23-9(3)27(17(11)29)25-15(28)8(2)26-13(10-4-5-10)12(19)14(24-26)18(20,21)22/h6,8,10H,4-5H2,1-3H3,(H,25,28). The third kappa shape index (κ3) is 3.55. The highest BCUT2D eigenvalue weighted by molar-refractivity contribution is 9.10. The van der Waals surface area contributed by atoms with Crippen molar-refractivity contribution in [3.63, 3.8) is 0 Å². The van der Waals surface area contributed by atoms with E-state index in [9.17, 15) is 22.8 Å². The molecule has 3 aromatic heterocycles. The number of nitrogens with zero attached hydrogens (tertiary/aromatic N) is 4. The van der Waals surface area contributed by atoms with Crippen molar-refractivity contribution in [1.29, 1.82) is 0 Å². The number of aryl methyl sites for hydroxylation is 2. The van der Waals surface area contributed by atoms with E-state index in [0.29, 0.717) is 15.9 Å². The maximum Gasteiger partial charge on any atom is 0.436 e. The summed E-state index contributed by atoms with van der Waals surface area (Å²) in [5.41, 5.74) is 1.32. The Balaban J connectivity index is 1.70. The number of thiophene rings is 1. The Hall–Kier alpha value is -2.21. The molecule has 0 aromatic carbocycles.